The van der Waals surface area contributed by atoms with Crippen molar-refractivity contribution in [1.29, 1.82) is 0 Å². The molecule has 0 fully saturated rings. The number of aryl methyl sites for hydroxylation is 3. The van der Waals surface area contributed by atoms with Crippen LogP contribution in [0.5, 0.6) is 0 Å². The zero-order chi connectivity index (χ0) is 17.7. The second-order valence-corrected chi connectivity index (χ2v) is 6.07. The van der Waals surface area contributed by atoms with E-state index in [1.807, 2.05) is 6.92 Å². The minimum absolute atomic E-state index is 0.0193. The summed E-state index contributed by atoms with van der Waals surface area (Å²) in [7, 11) is 0. The minimum Gasteiger partial charge on any atom is -0.353 e. The van der Waals surface area contributed by atoms with Crippen LogP contribution < -0.4 is 5.32 Å². The number of carbonyl (C=O) groups excluding carboxylic acids is 1. The first-order valence-electron chi connectivity index (χ1n) is 7.87. The quantitative estimate of drug-likeness (QED) is 0.624. The maximum atomic E-state index is 12.0. The number of hydrogen-bond acceptors (Lipinski definition) is 4. The molecule has 2 aromatic rings. The molecule has 1 aromatic heterocycles. The molecule has 7 nitrogen and oxygen atoms in total. The highest BCUT2D eigenvalue weighted by Crippen LogP contribution is 2.13. The molecule has 0 spiro atoms. The van der Waals surface area contributed by atoms with E-state index in [1.54, 1.807) is 0 Å². The Morgan fingerprint density at radius 3 is 2.79 bits per heavy atom. The van der Waals surface area contributed by atoms with Gasteiger partial charge < -0.3 is 5.32 Å². The van der Waals surface area contributed by atoms with Crippen molar-refractivity contribution in [3.05, 3.63) is 57.4 Å². The van der Waals surface area contributed by atoms with E-state index in [1.165, 1.54) is 33.8 Å². The zero-order valence-corrected chi connectivity index (χ0v) is 14.2. The Hall–Kier alpha value is -2.70. The summed E-state index contributed by atoms with van der Waals surface area (Å²) in [5, 5.41) is 17.4. The van der Waals surface area contributed by atoms with Crippen LogP contribution in [0.25, 0.3) is 0 Å². The van der Waals surface area contributed by atoms with Gasteiger partial charge in [0.2, 0.25) is 5.91 Å². The number of aromatic nitrogens is 2. The Morgan fingerprint density at radius 2 is 2.17 bits per heavy atom. The molecule has 1 unspecified atom stereocenters. The van der Waals surface area contributed by atoms with Gasteiger partial charge in [-0.2, -0.15) is 5.10 Å². The number of amides is 1. The molecule has 1 atom stereocenters. The normalized spacial score (nSPS) is 12.0. The molecule has 1 aromatic carbocycles. The summed E-state index contributed by atoms with van der Waals surface area (Å²) in [4.78, 5) is 22.1. The minimum atomic E-state index is -0.504. The summed E-state index contributed by atoms with van der Waals surface area (Å²) >= 11 is 0. The Morgan fingerprint density at radius 1 is 1.42 bits per heavy atom. The Kier molecular flexibility index (Phi) is 5.68. The zero-order valence-electron chi connectivity index (χ0n) is 14.2. The van der Waals surface area contributed by atoms with Gasteiger partial charge in [0, 0.05) is 19.0 Å². The highest BCUT2D eigenvalue weighted by molar-refractivity contribution is 5.76. The highest BCUT2D eigenvalue weighted by atomic mass is 16.6. The van der Waals surface area contributed by atoms with Crippen LogP contribution in [0.1, 0.15) is 30.0 Å². The number of hydrogen-bond donors (Lipinski definition) is 1. The fourth-order valence-corrected chi connectivity index (χ4v) is 2.59. The van der Waals surface area contributed by atoms with Crippen LogP contribution in [0.4, 0.5) is 5.69 Å². The maximum absolute atomic E-state index is 12.0. The molecule has 0 saturated carbocycles. The SMILES string of the molecule is Cc1ccc(CC(C)NC(=O)CCn2cc([N+](=O)[O-])cn2)c(C)c1. The van der Waals surface area contributed by atoms with E-state index in [4.69, 9.17) is 0 Å². The van der Waals surface area contributed by atoms with Gasteiger partial charge in [-0.3, -0.25) is 19.6 Å². The van der Waals surface area contributed by atoms with Crippen molar-refractivity contribution in [3.8, 4) is 0 Å². The topological polar surface area (TPSA) is 90.1 Å². The van der Waals surface area contributed by atoms with Gasteiger partial charge in [0.15, 0.2) is 0 Å². The molecule has 0 aliphatic carbocycles. The second kappa shape index (κ2) is 7.72. The van der Waals surface area contributed by atoms with Crippen LogP contribution in [0.2, 0.25) is 0 Å². The molecule has 1 heterocycles. The predicted octanol–water partition coefficient (Wildman–Crippen LogP) is 2.55. The van der Waals surface area contributed by atoms with Crippen LogP contribution in [-0.2, 0) is 17.8 Å². The van der Waals surface area contributed by atoms with Crippen molar-refractivity contribution < 1.29 is 9.72 Å². The van der Waals surface area contributed by atoms with Gasteiger partial charge >= 0.3 is 5.69 Å². The lowest BCUT2D eigenvalue weighted by molar-refractivity contribution is -0.385. The summed E-state index contributed by atoms with van der Waals surface area (Å²) < 4.78 is 1.41. The second-order valence-electron chi connectivity index (χ2n) is 6.07. The van der Waals surface area contributed by atoms with Gasteiger partial charge in [-0.05, 0) is 38.3 Å². The lowest BCUT2D eigenvalue weighted by Gasteiger charge is -2.16. The Labute approximate surface area is 140 Å². The summed E-state index contributed by atoms with van der Waals surface area (Å²) in [6, 6.07) is 6.32. The molecule has 0 aliphatic heterocycles. The molecule has 7 heteroatoms. The lowest BCUT2D eigenvalue weighted by Crippen LogP contribution is -2.34. The van der Waals surface area contributed by atoms with Crippen molar-refractivity contribution in [2.75, 3.05) is 0 Å². The number of benzene rings is 1. The predicted molar refractivity (Wildman–Crippen MR) is 90.7 cm³/mol. The van der Waals surface area contributed by atoms with Crippen LogP contribution >= 0.6 is 0 Å². The number of nitro groups is 1. The third-order valence-corrected chi connectivity index (χ3v) is 3.83. The van der Waals surface area contributed by atoms with Crippen LogP contribution in [0.3, 0.4) is 0 Å². The monoisotopic (exact) mass is 330 g/mol. The molecule has 24 heavy (non-hydrogen) atoms. The van der Waals surface area contributed by atoms with Crippen molar-refractivity contribution in [2.45, 2.75) is 46.2 Å². The molecule has 0 aliphatic rings. The molecular formula is C17H22N4O3. The van der Waals surface area contributed by atoms with E-state index in [0.29, 0.717) is 6.54 Å². The van der Waals surface area contributed by atoms with E-state index >= 15 is 0 Å². The fourth-order valence-electron chi connectivity index (χ4n) is 2.59. The maximum Gasteiger partial charge on any atom is 0.306 e. The van der Waals surface area contributed by atoms with Crippen molar-refractivity contribution in [3.63, 3.8) is 0 Å². The molecule has 0 radical (unpaired) electrons. The van der Waals surface area contributed by atoms with Gasteiger partial charge in [0.05, 0.1) is 4.92 Å². The number of carbonyl (C=O) groups is 1. The molecule has 1 amide bonds. The van der Waals surface area contributed by atoms with Gasteiger partial charge in [-0.1, -0.05) is 23.8 Å². The Bertz CT molecular complexity index is 739. The van der Waals surface area contributed by atoms with Crippen molar-refractivity contribution >= 4 is 11.6 Å². The summed E-state index contributed by atoms with van der Waals surface area (Å²) in [5.74, 6) is -0.0922. The van der Waals surface area contributed by atoms with E-state index in [9.17, 15) is 14.9 Å². The van der Waals surface area contributed by atoms with Crippen molar-refractivity contribution in [1.82, 2.24) is 15.1 Å². The lowest BCUT2D eigenvalue weighted by atomic mass is 10.00. The van der Waals surface area contributed by atoms with E-state index in [0.717, 1.165) is 6.42 Å². The standard InChI is InChI=1S/C17H22N4O3/c1-12-4-5-15(13(2)8-12)9-14(3)19-17(22)6-7-20-11-16(10-18-20)21(23)24/h4-5,8,10-11,14H,6-7,9H2,1-3H3,(H,19,22). The smallest absolute Gasteiger partial charge is 0.306 e. The first-order valence-corrected chi connectivity index (χ1v) is 7.87. The third kappa shape index (κ3) is 4.91. The fraction of sp³-hybridized carbons (Fsp3) is 0.412. The third-order valence-electron chi connectivity index (χ3n) is 3.83. The first kappa shape index (κ1) is 17.7. The van der Waals surface area contributed by atoms with Crippen LogP contribution in [0.15, 0.2) is 30.6 Å². The summed E-state index contributed by atoms with van der Waals surface area (Å²) in [6.45, 7) is 6.41. The van der Waals surface area contributed by atoms with Crippen LogP contribution in [0, 0.1) is 24.0 Å². The van der Waals surface area contributed by atoms with Crippen LogP contribution in [-0.4, -0.2) is 26.7 Å². The van der Waals surface area contributed by atoms with E-state index in [-0.39, 0.29) is 24.1 Å². The first-order chi connectivity index (χ1) is 11.3. The van der Waals surface area contributed by atoms with E-state index in [2.05, 4.69) is 42.5 Å². The van der Waals surface area contributed by atoms with Gasteiger partial charge in [-0.25, -0.2) is 0 Å². The van der Waals surface area contributed by atoms with Crippen molar-refractivity contribution in [2.24, 2.45) is 0 Å². The highest BCUT2D eigenvalue weighted by Gasteiger charge is 2.12. The van der Waals surface area contributed by atoms with E-state index < -0.39 is 4.92 Å². The number of nitrogens with one attached hydrogen (secondary N) is 1. The number of nitrogens with zero attached hydrogens (tertiary/aromatic N) is 3. The summed E-state index contributed by atoms with van der Waals surface area (Å²) in [5.41, 5.74) is 3.59. The molecule has 0 saturated heterocycles. The average Bonchev–Trinajstić information content (AvgIpc) is 2.97. The largest absolute Gasteiger partial charge is 0.353 e. The molecule has 0 bridgehead atoms. The summed E-state index contributed by atoms with van der Waals surface area (Å²) in [6.07, 6.45) is 3.51. The number of rotatable bonds is 7. The molecular weight excluding hydrogens is 308 g/mol. The molecule has 128 valence electrons. The Balaban J connectivity index is 1.81. The molecule has 1 N–H and O–H groups in total. The van der Waals surface area contributed by atoms with Gasteiger partial charge in [-0.15, -0.1) is 0 Å². The average molecular weight is 330 g/mol. The van der Waals surface area contributed by atoms with Gasteiger partial charge in [0.25, 0.3) is 0 Å². The molecule has 2 rings (SSSR count). The van der Waals surface area contributed by atoms with Gasteiger partial charge in [0.1, 0.15) is 12.4 Å².